The van der Waals surface area contributed by atoms with Gasteiger partial charge >= 0.3 is 5.69 Å². The summed E-state index contributed by atoms with van der Waals surface area (Å²) in [6.45, 7) is 3.87. The number of carbonyl (C=O) groups excluding carboxylic acids is 1. The highest BCUT2D eigenvalue weighted by atomic mass is 16.6. The van der Waals surface area contributed by atoms with E-state index in [4.69, 9.17) is 9.47 Å². The number of nitrogens with one attached hydrogen (secondary N) is 1. The Balaban J connectivity index is 1.48. The summed E-state index contributed by atoms with van der Waals surface area (Å²) in [6, 6.07) is 12.9. The second-order valence-electron chi connectivity index (χ2n) is 6.32. The fraction of sp³-hybridized carbons (Fsp3) is 0.300. The van der Waals surface area contributed by atoms with Gasteiger partial charge in [-0.15, -0.1) is 0 Å². The van der Waals surface area contributed by atoms with Crippen molar-refractivity contribution in [2.45, 2.75) is 26.4 Å². The van der Waals surface area contributed by atoms with Crippen molar-refractivity contribution in [2.24, 2.45) is 0 Å². The monoisotopic (exact) mass is 367 g/mol. The minimum Gasteiger partial charge on any atom is -0.486 e. The van der Waals surface area contributed by atoms with Crippen LogP contribution in [0.3, 0.4) is 0 Å². The van der Waals surface area contributed by atoms with E-state index in [2.05, 4.69) is 5.32 Å². The van der Waals surface area contributed by atoms with Crippen molar-refractivity contribution in [2.75, 3.05) is 18.5 Å². The Kier molecular flexibility index (Phi) is 4.58. The molecule has 0 aliphatic carbocycles. The maximum atomic E-state index is 12.6. The third-order valence-electron chi connectivity index (χ3n) is 4.63. The third kappa shape index (κ3) is 3.28. The SMILES string of the molecule is CCn1c(=O)n(CCC(=O)Nc2ccc3c(c2)OCCO3)c2ccccc21. The maximum Gasteiger partial charge on any atom is 0.329 e. The first-order valence-electron chi connectivity index (χ1n) is 9.05. The number of hydrogen-bond donors (Lipinski definition) is 1. The molecule has 140 valence electrons. The molecule has 1 amide bonds. The van der Waals surface area contributed by atoms with Gasteiger partial charge in [-0.05, 0) is 31.2 Å². The Morgan fingerprint density at radius 2 is 1.74 bits per heavy atom. The molecule has 0 radical (unpaired) electrons. The van der Waals surface area contributed by atoms with Gasteiger partial charge in [0.25, 0.3) is 0 Å². The van der Waals surface area contributed by atoms with Crippen molar-refractivity contribution in [1.29, 1.82) is 0 Å². The molecule has 1 aromatic heterocycles. The van der Waals surface area contributed by atoms with Gasteiger partial charge in [-0.25, -0.2) is 4.79 Å². The number of nitrogens with zero attached hydrogens (tertiary/aromatic N) is 2. The highest BCUT2D eigenvalue weighted by Crippen LogP contribution is 2.32. The number of hydrogen-bond acceptors (Lipinski definition) is 4. The van der Waals surface area contributed by atoms with Gasteiger partial charge < -0.3 is 14.8 Å². The lowest BCUT2D eigenvalue weighted by Crippen LogP contribution is -2.25. The van der Waals surface area contributed by atoms with Gasteiger partial charge in [0, 0.05) is 31.3 Å². The molecule has 1 aliphatic rings. The van der Waals surface area contributed by atoms with E-state index in [1.165, 1.54) is 0 Å². The van der Waals surface area contributed by atoms with Crippen molar-refractivity contribution < 1.29 is 14.3 Å². The Bertz CT molecular complexity index is 1050. The molecule has 1 N–H and O–H groups in total. The topological polar surface area (TPSA) is 74.5 Å². The number of benzene rings is 2. The molecule has 1 aliphatic heterocycles. The van der Waals surface area contributed by atoms with Crippen LogP contribution in [0.15, 0.2) is 47.3 Å². The zero-order valence-corrected chi connectivity index (χ0v) is 15.1. The van der Waals surface area contributed by atoms with Crippen molar-refractivity contribution >= 4 is 22.6 Å². The van der Waals surface area contributed by atoms with Gasteiger partial charge in [-0.3, -0.25) is 13.9 Å². The lowest BCUT2D eigenvalue weighted by atomic mass is 10.2. The number of anilines is 1. The van der Waals surface area contributed by atoms with Crippen LogP contribution in [0, 0.1) is 0 Å². The Hall–Kier alpha value is -3.22. The molecular formula is C20H21N3O4. The van der Waals surface area contributed by atoms with Crippen molar-refractivity contribution in [3.63, 3.8) is 0 Å². The van der Waals surface area contributed by atoms with E-state index in [-0.39, 0.29) is 18.0 Å². The molecular weight excluding hydrogens is 346 g/mol. The summed E-state index contributed by atoms with van der Waals surface area (Å²) < 4.78 is 14.4. The van der Waals surface area contributed by atoms with Gasteiger partial charge in [-0.1, -0.05) is 12.1 Å². The number of amides is 1. The summed E-state index contributed by atoms with van der Waals surface area (Å²) in [4.78, 5) is 25.0. The molecule has 0 bridgehead atoms. The zero-order valence-electron chi connectivity index (χ0n) is 15.1. The van der Waals surface area contributed by atoms with Crippen LogP contribution in [0.25, 0.3) is 11.0 Å². The van der Waals surface area contributed by atoms with Crippen LogP contribution in [0.4, 0.5) is 5.69 Å². The summed E-state index contributed by atoms with van der Waals surface area (Å²) in [5.41, 5.74) is 2.28. The van der Waals surface area contributed by atoms with Gasteiger partial charge in [0.2, 0.25) is 5.91 Å². The Morgan fingerprint density at radius 1 is 1.04 bits per heavy atom. The molecule has 0 atom stereocenters. The summed E-state index contributed by atoms with van der Waals surface area (Å²) in [7, 11) is 0. The molecule has 27 heavy (non-hydrogen) atoms. The predicted molar refractivity (Wildman–Crippen MR) is 103 cm³/mol. The molecule has 7 heteroatoms. The number of aryl methyl sites for hydroxylation is 2. The molecule has 3 aromatic rings. The second-order valence-corrected chi connectivity index (χ2v) is 6.32. The number of imidazole rings is 1. The molecule has 2 heterocycles. The molecule has 0 spiro atoms. The van der Waals surface area contributed by atoms with E-state index >= 15 is 0 Å². The zero-order chi connectivity index (χ0) is 18.8. The normalized spacial score (nSPS) is 12.9. The standard InChI is InChI=1S/C20H21N3O4/c1-2-22-15-5-3-4-6-16(15)23(20(22)25)10-9-19(24)21-14-7-8-17-18(13-14)27-12-11-26-17/h3-8,13H,2,9-12H2,1H3,(H,21,24). The van der Waals surface area contributed by atoms with E-state index in [9.17, 15) is 9.59 Å². The van der Waals surface area contributed by atoms with E-state index in [1.807, 2.05) is 31.2 Å². The van der Waals surface area contributed by atoms with Crippen LogP contribution in [-0.4, -0.2) is 28.3 Å². The van der Waals surface area contributed by atoms with Crippen molar-refractivity contribution in [3.05, 3.63) is 52.9 Å². The first-order valence-corrected chi connectivity index (χ1v) is 9.05. The summed E-state index contributed by atoms with van der Waals surface area (Å²) in [6.07, 6.45) is 0.200. The largest absolute Gasteiger partial charge is 0.486 e. The van der Waals surface area contributed by atoms with Gasteiger partial charge in [0.05, 0.1) is 11.0 Å². The number of aromatic nitrogens is 2. The van der Waals surface area contributed by atoms with Gasteiger partial charge in [0.1, 0.15) is 13.2 Å². The van der Waals surface area contributed by atoms with E-state index < -0.39 is 0 Å². The Labute approximate surface area is 156 Å². The van der Waals surface area contributed by atoms with Gasteiger partial charge in [-0.2, -0.15) is 0 Å². The fourth-order valence-corrected chi connectivity index (χ4v) is 3.35. The molecule has 7 nitrogen and oxygen atoms in total. The molecule has 0 saturated carbocycles. The Morgan fingerprint density at radius 3 is 2.48 bits per heavy atom. The van der Waals surface area contributed by atoms with Crippen LogP contribution in [0.5, 0.6) is 11.5 Å². The smallest absolute Gasteiger partial charge is 0.329 e. The van der Waals surface area contributed by atoms with Crippen LogP contribution in [0.1, 0.15) is 13.3 Å². The fourth-order valence-electron chi connectivity index (χ4n) is 3.35. The number of rotatable bonds is 5. The lowest BCUT2D eigenvalue weighted by Gasteiger charge is -2.19. The quantitative estimate of drug-likeness (QED) is 0.752. The van der Waals surface area contributed by atoms with Crippen molar-refractivity contribution in [3.8, 4) is 11.5 Å². The molecule has 0 fully saturated rings. The third-order valence-corrected chi connectivity index (χ3v) is 4.63. The summed E-state index contributed by atoms with van der Waals surface area (Å²) >= 11 is 0. The van der Waals surface area contributed by atoms with Crippen LogP contribution < -0.4 is 20.5 Å². The summed E-state index contributed by atoms with van der Waals surface area (Å²) in [5, 5.41) is 2.85. The van der Waals surface area contributed by atoms with Crippen LogP contribution >= 0.6 is 0 Å². The van der Waals surface area contributed by atoms with E-state index in [1.54, 1.807) is 27.3 Å². The first-order chi connectivity index (χ1) is 13.2. The van der Waals surface area contributed by atoms with E-state index in [0.717, 1.165) is 11.0 Å². The van der Waals surface area contributed by atoms with Gasteiger partial charge in [0.15, 0.2) is 11.5 Å². The van der Waals surface area contributed by atoms with Crippen molar-refractivity contribution in [1.82, 2.24) is 9.13 Å². The molecule has 4 rings (SSSR count). The summed E-state index contributed by atoms with van der Waals surface area (Å²) in [5.74, 6) is 1.14. The van der Waals surface area contributed by atoms with Crippen LogP contribution in [0.2, 0.25) is 0 Å². The minimum absolute atomic E-state index is 0.0918. The predicted octanol–water partition coefficient (Wildman–Crippen LogP) is 2.62. The van der Waals surface area contributed by atoms with Crippen LogP contribution in [-0.2, 0) is 17.9 Å². The number of carbonyl (C=O) groups is 1. The molecule has 0 unspecified atom stereocenters. The minimum atomic E-state index is -0.160. The average Bonchev–Trinajstić information content (AvgIpc) is 2.97. The maximum absolute atomic E-state index is 12.6. The molecule has 0 saturated heterocycles. The number of ether oxygens (including phenoxy) is 2. The number of fused-ring (bicyclic) bond motifs is 2. The average molecular weight is 367 g/mol. The second kappa shape index (κ2) is 7.19. The number of para-hydroxylation sites is 2. The van der Waals surface area contributed by atoms with E-state index in [0.29, 0.717) is 43.5 Å². The lowest BCUT2D eigenvalue weighted by molar-refractivity contribution is -0.116. The first kappa shape index (κ1) is 17.2. The highest BCUT2D eigenvalue weighted by molar-refractivity contribution is 5.91. The molecule has 2 aromatic carbocycles. The highest BCUT2D eigenvalue weighted by Gasteiger charge is 2.15.